The second-order valence-corrected chi connectivity index (χ2v) is 6.58. The molecule has 0 saturated heterocycles. The Kier molecular flexibility index (Phi) is 5.51. The summed E-state index contributed by atoms with van der Waals surface area (Å²) in [6, 6.07) is 2.99. The lowest BCUT2D eigenvalue weighted by atomic mass is 10.2. The first-order valence-corrected chi connectivity index (χ1v) is 9.11. The Labute approximate surface area is 162 Å². The van der Waals surface area contributed by atoms with Gasteiger partial charge in [0, 0.05) is 24.8 Å². The van der Waals surface area contributed by atoms with E-state index in [1.54, 1.807) is 5.38 Å². The number of thiazole rings is 1. The number of benzene rings is 1. The number of aromatic nitrogens is 4. The Bertz CT molecular complexity index is 1070. The van der Waals surface area contributed by atoms with Crippen molar-refractivity contribution in [3.05, 3.63) is 51.5 Å². The lowest BCUT2D eigenvalue weighted by Crippen LogP contribution is -2.23. The number of hydrogen-bond donors (Lipinski definition) is 1. The van der Waals surface area contributed by atoms with Crippen LogP contribution in [-0.4, -0.2) is 32.0 Å². The van der Waals surface area contributed by atoms with E-state index in [0.29, 0.717) is 28.8 Å². The average Bonchev–Trinajstić information content (AvgIpc) is 3.21. The number of anilines is 2. The SMILES string of the molecule is CCc1n[nH]c(=S)n1/N=C\c1csc(N(C(C)=O)c2ccc(F)cc2F)n1. The van der Waals surface area contributed by atoms with Gasteiger partial charge in [-0.3, -0.25) is 14.8 Å². The van der Waals surface area contributed by atoms with Gasteiger partial charge in [0.25, 0.3) is 0 Å². The molecule has 0 atom stereocenters. The molecular weight excluding hydrogens is 394 g/mol. The first-order chi connectivity index (χ1) is 12.9. The molecular formula is C16H14F2N6OS2. The topological polar surface area (TPSA) is 79.2 Å². The minimum Gasteiger partial charge on any atom is -0.274 e. The third-order valence-corrected chi connectivity index (χ3v) is 4.61. The normalized spacial score (nSPS) is 11.3. The van der Waals surface area contributed by atoms with Crippen LogP contribution in [0.5, 0.6) is 0 Å². The number of aromatic amines is 1. The van der Waals surface area contributed by atoms with Crippen LogP contribution in [0.1, 0.15) is 25.4 Å². The van der Waals surface area contributed by atoms with Crippen LogP contribution in [0.25, 0.3) is 0 Å². The van der Waals surface area contributed by atoms with Gasteiger partial charge in [-0.2, -0.15) is 14.9 Å². The second-order valence-electron chi connectivity index (χ2n) is 5.36. The van der Waals surface area contributed by atoms with Crippen LogP contribution < -0.4 is 4.90 Å². The van der Waals surface area contributed by atoms with E-state index in [4.69, 9.17) is 12.2 Å². The van der Waals surface area contributed by atoms with Gasteiger partial charge in [0.15, 0.2) is 11.0 Å². The van der Waals surface area contributed by atoms with Gasteiger partial charge in [0.1, 0.15) is 11.6 Å². The lowest BCUT2D eigenvalue weighted by Gasteiger charge is -2.18. The number of nitrogens with zero attached hydrogens (tertiary/aromatic N) is 5. The van der Waals surface area contributed by atoms with Crippen molar-refractivity contribution in [1.29, 1.82) is 0 Å². The number of carbonyl (C=O) groups excluding carboxylic acids is 1. The quantitative estimate of drug-likeness (QED) is 0.514. The average molecular weight is 408 g/mol. The summed E-state index contributed by atoms with van der Waals surface area (Å²) in [5.74, 6) is -1.38. The van der Waals surface area contributed by atoms with Gasteiger partial charge < -0.3 is 0 Å². The summed E-state index contributed by atoms with van der Waals surface area (Å²) >= 11 is 6.24. The Balaban J connectivity index is 1.93. The summed E-state index contributed by atoms with van der Waals surface area (Å²) in [5, 5.41) is 12.8. The Morgan fingerprint density at radius 1 is 1.48 bits per heavy atom. The van der Waals surface area contributed by atoms with Gasteiger partial charge in [0.2, 0.25) is 10.7 Å². The number of rotatable bonds is 5. The van der Waals surface area contributed by atoms with Gasteiger partial charge in [-0.05, 0) is 24.4 Å². The monoisotopic (exact) mass is 408 g/mol. The summed E-state index contributed by atoms with van der Waals surface area (Å²) in [5.41, 5.74) is 0.376. The van der Waals surface area contributed by atoms with E-state index < -0.39 is 17.5 Å². The first-order valence-electron chi connectivity index (χ1n) is 7.82. The van der Waals surface area contributed by atoms with Crippen molar-refractivity contribution in [1.82, 2.24) is 19.9 Å². The molecule has 1 N–H and O–H groups in total. The van der Waals surface area contributed by atoms with Crippen molar-refractivity contribution >= 4 is 46.5 Å². The molecule has 1 aromatic carbocycles. The number of hydrogen-bond acceptors (Lipinski definition) is 6. The van der Waals surface area contributed by atoms with E-state index in [9.17, 15) is 13.6 Å². The number of halogens is 2. The van der Waals surface area contributed by atoms with E-state index in [-0.39, 0.29) is 10.8 Å². The molecule has 0 unspecified atom stereocenters. The van der Waals surface area contributed by atoms with Crippen molar-refractivity contribution in [2.75, 3.05) is 4.90 Å². The number of amides is 1. The van der Waals surface area contributed by atoms with Crippen LogP contribution in [0.4, 0.5) is 19.6 Å². The standard InChI is InChI=1S/C16H14F2N6OS2/c1-3-14-21-22-15(26)24(14)19-7-11-8-27-16(20-11)23(9(2)25)13-5-4-10(17)6-12(13)18/h4-8H,3H2,1-2H3,(H,22,26)/b19-7-. The molecule has 3 aromatic rings. The summed E-state index contributed by atoms with van der Waals surface area (Å²) in [6.45, 7) is 3.19. The second kappa shape index (κ2) is 7.84. The third-order valence-electron chi connectivity index (χ3n) is 3.51. The largest absolute Gasteiger partial charge is 0.274 e. The van der Waals surface area contributed by atoms with Crippen LogP contribution in [0, 0.1) is 16.4 Å². The molecule has 2 heterocycles. The fourth-order valence-corrected chi connectivity index (χ4v) is 3.33. The fourth-order valence-electron chi connectivity index (χ4n) is 2.30. The molecule has 7 nitrogen and oxygen atoms in total. The molecule has 0 bridgehead atoms. The minimum atomic E-state index is -0.854. The highest BCUT2D eigenvalue weighted by Gasteiger charge is 2.21. The molecule has 27 heavy (non-hydrogen) atoms. The van der Waals surface area contributed by atoms with Crippen LogP contribution in [0.15, 0.2) is 28.7 Å². The highest BCUT2D eigenvalue weighted by molar-refractivity contribution is 7.71. The van der Waals surface area contributed by atoms with E-state index >= 15 is 0 Å². The van der Waals surface area contributed by atoms with Gasteiger partial charge >= 0.3 is 0 Å². The van der Waals surface area contributed by atoms with Crippen LogP contribution in [0.2, 0.25) is 0 Å². The molecule has 0 fully saturated rings. The smallest absolute Gasteiger partial charge is 0.230 e. The van der Waals surface area contributed by atoms with Gasteiger partial charge in [-0.25, -0.2) is 13.8 Å². The summed E-state index contributed by atoms with van der Waals surface area (Å²) in [6.07, 6.45) is 2.10. The summed E-state index contributed by atoms with van der Waals surface area (Å²) < 4.78 is 29.1. The molecule has 2 aromatic heterocycles. The lowest BCUT2D eigenvalue weighted by molar-refractivity contribution is -0.115. The maximum absolute atomic E-state index is 14.1. The van der Waals surface area contributed by atoms with Gasteiger partial charge in [0.05, 0.1) is 17.6 Å². The number of nitrogens with one attached hydrogen (secondary N) is 1. The summed E-state index contributed by atoms with van der Waals surface area (Å²) in [4.78, 5) is 17.4. The maximum Gasteiger partial charge on any atom is 0.230 e. The van der Waals surface area contributed by atoms with Gasteiger partial charge in [-0.15, -0.1) is 11.3 Å². The molecule has 0 aliphatic carbocycles. The molecule has 0 saturated carbocycles. The van der Waals surface area contributed by atoms with E-state index in [2.05, 4.69) is 20.3 Å². The van der Waals surface area contributed by atoms with E-state index in [1.807, 2.05) is 6.92 Å². The van der Waals surface area contributed by atoms with Crippen molar-refractivity contribution in [2.24, 2.45) is 5.10 Å². The minimum absolute atomic E-state index is 0.0768. The number of carbonyl (C=O) groups is 1. The summed E-state index contributed by atoms with van der Waals surface area (Å²) in [7, 11) is 0. The first kappa shape index (κ1) is 19.0. The van der Waals surface area contributed by atoms with E-state index in [1.165, 1.54) is 23.9 Å². The molecule has 140 valence electrons. The predicted octanol–water partition coefficient (Wildman–Crippen LogP) is 3.80. The molecule has 3 rings (SSSR count). The maximum atomic E-state index is 14.1. The highest BCUT2D eigenvalue weighted by Crippen LogP contribution is 2.30. The highest BCUT2D eigenvalue weighted by atomic mass is 32.1. The molecule has 1 amide bonds. The zero-order chi connectivity index (χ0) is 19.6. The Morgan fingerprint density at radius 3 is 2.93 bits per heavy atom. The molecule has 11 heteroatoms. The van der Waals surface area contributed by atoms with Crippen molar-refractivity contribution in [3.63, 3.8) is 0 Å². The fraction of sp³-hybridized carbons (Fsp3) is 0.188. The molecule has 0 aliphatic heterocycles. The zero-order valence-corrected chi connectivity index (χ0v) is 15.9. The Morgan fingerprint density at radius 2 is 2.26 bits per heavy atom. The number of H-pyrrole nitrogens is 1. The molecule has 0 radical (unpaired) electrons. The third kappa shape index (κ3) is 3.98. The Hall–Kier alpha value is -2.79. The van der Waals surface area contributed by atoms with Crippen LogP contribution in [0.3, 0.4) is 0 Å². The number of aryl methyl sites for hydroxylation is 1. The predicted molar refractivity (Wildman–Crippen MR) is 101 cm³/mol. The van der Waals surface area contributed by atoms with Crippen LogP contribution >= 0.6 is 23.6 Å². The van der Waals surface area contributed by atoms with Gasteiger partial charge in [-0.1, -0.05) is 6.92 Å². The van der Waals surface area contributed by atoms with Crippen molar-refractivity contribution < 1.29 is 13.6 Å². The molecule has 0 aliphatic rings. The van der Waals surface area contributed by atoms with Crippen molar-refractivity contribution in [2.45, 2.75) is 20.3 Å². The molecule has 0 spiro atoms. The zero-order valence-electron chi connectivity index (χ0n) is 14.3. The van der Waals surface area contributed by atoms with E-state index in [0.717, 1.165) is 22.3 Å². The van der Waals surface area contributed by atoms with Crippen molar-refractivity contribution in [3.8, 4) is 0 Å². The van der Waals surface area contributed by atoms with Crippen LogP contribution in [-0.2, 0) is 11.2 Å².